The van der Waals surface area contributed by atoms with Crippen LogP contribution in [-0.4, -0.2) is 34.6 Å². The van der Waals surface area contributed by atoms with E-state index in [1.54, 1.807) is 36.4 Å². The molecule has 1 saturated heterocycles. The fraction of sp³-hybridized carbons (Fsp3) is 0.0714. The molecule has 0 radical (unpaired) electrons. The molecule has 5 rings (SSSR count). The molecule has 1 aliphatic heterocycles. The molecule has 4 aromatic rings. The van der Waals surface area contributed by atoms with E-state index in [0.717, 1.165) is 21.4 Å². The van der Waals surface area contributed by atoms with Crippen molar-refractivity contribution in [3.8, 4) is 0 Å². The number of benzene rings is 3. The molecular formula is C28H19Cl2N3O4S. The number of fused-ring (bicyclic) bond motifs is 1. The SMILES string of the molecule is COC(=O)c1cccc(Cn2cc(/C=C3\C(=O)NC(=S)N(c4cccc(Cl)c4Cl)C3=O)c3ccccc32)c1. The first kappa shape index (κ1) is 25.7. The average molecular weight is 564 g/mol. The predicted molar refractivity (Wildman–Crippen MR) is 151 cm³/mol. The maximum Gasteiger partial charge on any atom is 0.337 e. The number of methoxy groups -OCH3 is 1. The molecule has 0 atom stereocenters. The van der Waals surface area contributed by atoms with E-state index < -0.39 is 17.8 Å². The fourth-order valence-corrected chi connectivity index (χ4v) is 4.98. The van der Waals surface area contributed by atoms with Crippen molar-refractivity contribution in [2.45, 2.75) is 6.54 Å². The summed E-state index contributed by atoms with van der Waals surface area (Å²) in [7, 11) is 1.34. The van der Waals surface area contributed by atoms with Crippen LogP contribution in [0, 0.1) is 0 Å². The standard InChI is InChI=1S/C28H19Cl2N3O4S/c1-37-27(36)17-7-4-6-16(12-17)14-32-15-18(19-8-2-3-10-22(19)32)13-20-25(34)31-28(38)33(26(20)35)23-11-5-9-21(29)24(23)30/h2-13,15H,14H2,1H3,(H,31,34,38)/b20-13+. The van der Waals surface area contributed by atoms with Crippen LogP contribution in [0.3, 0.4) is 0 Å². The molecule has 190 valence electrons. The molecule has 3 aromatic carbocycles. The van der Waals surface area contributed by atoms with Gasteiger partial charge in [-0.3, -0.25) is 19.8 Å². The number of anilines is 1. The van der Waals surface area contributed by atoms with Gasteiger partial charge in [-0.05, 0) is 54.2 Å². The summed E-state index contributed by atoms with van der Waals surface area (Å²) in [5.41, 5.74) is 3.04. The van der Waals surface area contributed by atoms with Crippen molar-refractivity contribution in [1.29, 1.82) is 0 Å². The van der Waals surface area contributed by atoms with E-state index in [0.29, 0.717) is 17.7 Å². The lowest BCUT2D eigenvalue weighted by Gasteiger charge is -2.29. The molecule has 0 spiro atoms. The topological polar surface area (TPSA) is 80.6 Å². The Morgan fingerprint density at radius 3 is 2.61 bits per heavy atom. The van der Waals surface area contributed by atoms with Gasteiger partial charge in [0.1, 0.15) is 5.57 Å². The zero-order chi connectivity index (χ0) is 27.0. The first-order valence-corrected chi connectivity index (χ1v) is 12.6. The number of hydrogen-bond acceptors (Lipinski definition) is 5. The Balaban J connectivity index is 1.56. The van der Waals surface area contributed by atoms with Gasteiger partial charge in [0.25, 0.3) is 11.8 Å². The van der Waals surface area contributed by atoms with Crippen LogP contribution >= 0.6 is 35.4 Å². The van der Waals surface area contributed by atoms with E-state index in [1.807, 2.05) is 41.1 Å². The molecule has 7 nitrogen and oxygen atoms in total. The van der Waals surface area contributed by atoms with Crippen LogP contribution in [0.4, 0.5) is 5.69 Å². The molecular weight excluding hydrogens is 545 g/mol. The van der Waals surface area contributed by atoms with Crippen molar-refractivity contribution in [2.24, 2.45) is 0 Å². The number of esters is 1. The second kappa shape index (κ2) is 10.4. The smallest absolute Gasteiger partial charge is 0.337 e. The van der Waals surface area contributed by atoms with Crippen LogP contribution in [0.2, 0.25) is 10.0 Å². The van der Waals surface area contributed by atoms with E-state index >= 15 is 0 Å². The molecule has 0 aliphatic carbocycles. The van der Waals surface area contributed by atoms with Gasteiger partial charge in [0, 0.05) is 29.2 Å². The summed E-state index contributed by atoms with van der Waals surface area (Å²) < 4.78 is 6.82. The third-order valence-electron chi connectivity index (χ3n) is 6.09. The van der Waals surface area contributed by atoms with Crippen LogP contribution in [0.25, 0.3) is 17.0 Å². The third kappa shape index (κ3) is 4.69. The summed E-state index contributed by atoms with van der Waals surface area (Å²) in [4.78, 5) is 39.6. The van der Waals surface area contributed by atoms with Crippen LogP contribution in [0.5, 0.6) is 0 Å². The summed E-state index contributed by atoms with van der Waals surface area (Å²) in [5, 5.41) is 3.71. The minimum absolute atomic E-state index is 0.0887. The zero-order valence-corrected chi connectivity index (χ0v) is 22.2. The molecule has 0 unspecified atom stereocenters. The van der Waals surface area contributed by atoms with E-state index in [4.69, 9.17) is 40.2 Å². The van der Waals surface area contributed by atoms with Crippen LogP contribution in [0.1, 0.15) is 21.5 Å². The second-order valence-corrected chi connectivity index (χ2v) is 9.62. The zero-order valence-electron chi connectivity index (χ0n) is 19.9. The number of hydrogen-bond donors (Lipinski definition) is 1. The molecule has 10 heteroatoms. The Bertz CT molecular complexity index is 1680. The monoisotopic (exact) mass is 563 g/mol. The largest absolute Gasteiger partial charge is 0.465 e. The number of ether oxygens (including phenoxy) is 1. The van der Waals surface area contributed by atoms with Crippen molar-refractivity contribution in [3.63, 3.8) is 0 Å². The van der Waals surface area contributed by atoms with Gasteiger partial charge in [-0.15, -0.1) is 0 Å². The van der Waals surface area contributed by atoms with Crippen molar-refractivity contribution in [2.75, 3.05) is 12.0 Å². The summed E-state index contributed by atoms with van der Waals surface area (Å²) in [6, 6.07) is 19.6. The summed E-state index contributed by atoms with van der Waals surface area (Å²) >= 11 is 17.8. The van der Waals surface area contributed by atoms with Crippen LogP contribution < -0.4 is 10.2 Å². The van der Waals surface area contributed by atoms with Crippen LogP contribution in [0.15, 0.2) is 78.5 Å². The number of rotatable bonds is 5. The Morgan fingerprint density at radius 2 is 1.82 bits per heavy atom. The number of aromatic nitrogens is 1. The number of para-hydroxylation sites is 1. The Morgan fingerprint density at radius 1 is 1.05 bits per heavy atom. The highest BCUT2D eigenvalue weighted by Crippen LogP contribution is 2.35. The lowest BCUT2D eigenvalue weighted by Crippen LogP contribution is -2.54. The van der Waals surface area contributed by atoms with Gasteiger partial charge in [-0.2, -0.15) is 0 Å². The van der Waals surface area contributed by atoms with Crippen molar-refractivity contribution >= 4 is 81.0 Å². The Hall–Kier alpha value is -3.98. The summed E-state index contributed by atoms with van der Waals surface area (Å²) in [6.45, 7) is 0.447. The molecule has 1 fully saturated rings. The first-order valence-electron chi connectivity index (χ1n) is 11.4. The first-order chi connectivity index (χ1) is 18.3. The Labute approximate surface area is 233 Å². The van der Waals surface area contributed by atoms with Crippen molar-refractivity contribution in [1.82, 2.24) is 9.88 Å². The van der Waals surface area contributed by atoms with Gasteiger partial charge in [0.05, 0.1) is 28.4 Å². The summed E-state index contributed by atoms with van der Waals surface area (Å²) in [6.07, 6.45) is 3.39. The molecule has 38 heavy (non-hydrogen) atoms. The van der Waals surface area contributed by atoms with E-state index in [9.17, 15) is 14.4 Å². The molecule has 0 saturated carbocycles. The van der Waals surface area contributed by atoms with E-state index in [2.05, 4.69) is 5.32 Å². The number of nitrogens with zero attached hydrogens (tertiary/aromatic N) is 2. The Kier molecular flexibility index (Phi) is 7.03. The highest BCUT2D eigenvalue weighted by atomic mass is 35.5. The van der Waals surface area contributed by atoms with Gasteiger partial charge < -0.3 is 9.30 Å². The highest BCUT2D eigenvalue weighted by Gasteiger charge is 2.36. The number of thiocarbonyl (C=S) groups is 1. The molecule has 1 aliphatic rings. The maximum atomic E-state index is 13.5. The lowest BCUT2D eigenvalue weighted by molar-refractivity contribution is -0.122. The van der Waals surface area contributed by atoms with Crippen molar-refractivity contribution in [3.05, 3.63) is 105 Å². The molecule has 0 bridgehead atoms. The summed E-state index contributed by atoms with van der Waals surface area (Å²) in [5.74, 6) is -1.65. The third-order valence-corrected chi connectivity index (χ3v) is 7.19. The number of nitrogens with one attached hydrogen (secondary N) is 1. The number of amides is 2. The highest BCUT2D eigenvalue weighted by molar-refractivity contribution is 7.80. The predicted octanol–water partition coefficient (Wildman–Crippen LogP) is 5.61. The van der Waals surface area contributed by atoms with Gasteiger partial charge >= 0.3 is 5.97 Å². The van der Waals surface area contributed by atoms with Gasteiger partial charge in [-0.25, -0.2) is 4.79 Å². The molecule has 1 N–H and O–H groups in total. The van der Waals surface area contributed by atoms with E-state index in [1.165, 1.54) is 13.2 Å². The number of halogens is 2. The van der Waals surface area contributed by atoms with Crippen molar-refractivity contribution < 1.29 is 19.1 Å². The molecule has 2 heterocycles. The van der Waals surface area contributed by atoms with Gasteiger partial charge in [-0.1, -0.05) is 59.6 Å². The van der Waals surface area contributed by atoms with Gasteiger partial charge in [0.15, 0.2) is 5.11 Å². The molecule has 2 amide bonds. The number of carbonyl (C=O) groups excluding carboxylic acids is 3. The number of carbonyl (C=O) groups is 3. The minimum Gasteiger partial charge on any atom is -0.465 e. The molecule has 1 aromatic heterocycles. The van der Waals surface area contributed by atoms with Crippen LogP contribution in [-0.2, 0) is 20.9 Å². The average Bonchev–Trinajstić information content (AvgIpc) is 3.25. The van der Waals surface area contributed by atoms with Gasteiger partial charge in [0.2, 0.25) is 0 Å². The minimum atomic E-state index is -0.620. The lowest BCUT2D eigenvalue weighted by atomic mass is 10.1. The maximum absolute atomic E-state index is 13.5. The quantitative estimate of drug-likeness (QED) is 0.148. The fourth-order valence-electron chi connectivity index (χ4n) is 4.33. The second-order valence-electron chi connectivity index (χ2n) is 8.45. The van der Waals surface area contributed by atoms with E-state index in [-0.39, 0.29) is 26.4 Å². The normalized spacial score (nSPS) is 14.8.